The van der Waals surface area contributed by atoms with Crippen molar-refractivity contribution in [2.75, 3.05) is 17.5 Å². The Labute approximate surface area is 151 Å². The molecule has 0 aromatic heterocycles. The number of carbonyl (C=O) groups is 1. The van der Waals surface area contributed by atoms with Crippen molar-refractivity contribution in [1.29, 1.82) is 0 Å². The molecule has 7 heteroatoms. The predicted molar refractivity (Wildman–Crippen MR) is 96.4 cm³/mol. The molecule has 1 aliphatic rings. The Hall–Kier alpha value is -2.31. The Morgan fingerprint density at radius 1 is 1.20 bits per heavy atom. The topological polar surface area (TPSA) is 63.7 Å². The minimum Gasteiger partial charge on any atom is -0.456 e. The number of esters is 1. The summed E-state index contributed by atoms with van der Waals surface area (Å²) in [6.07, 6.45) is 0.662. The van der Waals surface area contributed by atoms with E-state index in [-0.39, 0.29) is 22.1 Å². The van der Waals surface area contributed by atoms with Crippen molar-refractivity contribution < 1.29 is 17.9 Å². The maximum absolute atomic E-state index is 13.0. The highest BCUT2D eigenvalue weighted by Crippen LogP contribution is 2.32. The van der Waals surface area contributed by atoms with Crippen molar-refractivity contribution in [3.8, 4) is 0 Å². The molecule has 0 saturated carbocycles. The number of hydrogen-bond acceptors (Lipinski definition) is 4. The van der Waals surface area contributed by atoms with Crippen molar-refractivity contribution in [2.45, 2.75) is 11.3 Å². The smallest absolute Gasteiger partial charge is 0.338 e. The van der Waals surface area contributed by atoms with E-state index in [1.54, 1.807) is 12.1 Å². The van der Waals surface area contributed by atoms with E-state index in [1.807, 2.05) is 12.1 Å². The molecule has 2 aromatic carbocycles. The van der Waals surface area contributed by atoms with Crippen LogP contribution in [0.1, 0.15) is 15.9 Å². The molecular formula is C18H16ClNO4S. The normalized spacial score (nSPS) is 13.4. The third kappa shape index (κ3) is 3.55. The molecule has 0 fully saturated rings. The lowest BCUT2D eigenvalue weighted by atomic mass is 10.2. The first-order valence-corrected chi connectivity index (χ1v) is 9.42. The van der Waals surface area contributed by atoms with E-state index in [0.29, 0.717) is 18.7 Å². The zero-order valence-corrected chi connectivity index (χ0v) is 14.9. The summed E-state index contributed by atoms with van der Waals surface area (Å²) in [5, 5.41) is 0.186. The number of sulfonamides is 1. The van der Waals surface area contributed by atoms with E-state index in [4.69, 9.17) is 16.3 Å². The molecule has 0 amide bonds. The van der Waals surface area contributed by atoms with Crippen LogP contribution in [0.25, 0.3) is 0 Å². The number of halogens is 1. The fourth-order valence-corrected chi connectivity index (χ4v) is 4.30. The Balaban J connectivity index is 1.90. The highest BCUT2D eigenvalue weighted by molar-refractivity contribution is 7.92. The van der Waals surface area contributed by atoms with Gasteiger partial charge in [-0.3, -0.25) is 4.31 Å². The van der Waals surface area contributed by atoms with E-state index in [2.05, 4.69) is 6.58 Å². The summed E-state index contributed by atoms with van der Waals surface area (Å²) >= 11 is 5.57. The van der Waals surface area contributed by atoms with Gasteiger partial charge in [0.2, 0.25) is 0 Å². The number of para-hydroxylation sites is 1. The number of hydrogen-bond donors (Lipinski definition) is 0. The van der Waals surface area contributed by atoms with Crippen LogP contribution in [0.4, 0.5) is 5.69 Å². The quantitative estimate of drug-likeness (QED) is 0.749. The summed E-state index contributed by atoms with van der Waals surface area (Å²) in [6.45, 7) is 3.69. The standard InChI is InChI=1S/C18H16ClNO4S/c1-13(19)12-24-18(21)15-6-4-7-16(11-15)25(22,23)20-10-9-14-5-2-3-8-17(14)20/h2-8,11H,1,9-10,12H2. The molecule has 0 aliphatic carbocycles. The van der Waals surface area contributed by atoms with Gasteiger partial charge in [0.15, 0.2) is 0 Å². The molecule has 0 saturated heterocycles. The lowest BCUT2D eigenvalue weighted by Crippen LogP contribution is -2.29. The highest BCUT2D eigenvalue weighted by atomic mass is 35.5. The molecule has 5 nitrogen and oxygen atoms in total. The third-order valence-electron chi connectivity index (χ3n) is 3.86. The van der Waals surface area contributed by atoms with E-state index in [1.165, 1.54) is 28.6 Å². The summed E-state index contributed by atoms with van der Waals surface area (Å²) in [5.41, 5.74) is 1.81. The third-order valence-corrected chi connectivity index (χ3v) is 5.78. The van der Waals surface area contributed by atoms with E-state index in [9.17, 15) is 13.2 Å². The van der Waals surface area contributed by atoms with Gasteiger partial charge in [-0.1, -0.05) is 42.4 Å². The molecule has 25 heavy (non-hydrogen) atoms. The van der Waals surface area contributed by atoms with Gasteiger partial charge in [-0.05, 0) is 36.2 Å². The van der Waals surface area contributed by atoms with Crippen molar-refractivity contribution >= 4 is 33.3 Å². The monoisotopic (exact) mass is 377 g/mol. The molecule has 0 N–H and O–H groups in total. The lowest BCUT2D eigenvalue weighted by Gasteiger charge is -2.19. The van der Waals surface area contributed by atoms with Gasteiger partial charge in [-0.2, -0.15) is 0 Å². The number of rotatable bonds is 5. The molecule has 0 radical (unpaired) electrons. The second kappa shape index (κ2) is 6.90. The maximum Gasteiger partial charge on any atom is 0.338 e. The van der Waals surface area contributed by atoms with Gasteiger partial charge in [-0.15, -0.1) is 0 Å². The van der Waals surface area contributed by atoms with Gasteiger partial charge >= 0.3 is 5.97 Å². The van der Waals surface area contributed by atoms with E-state index in [0.717, 1.165) is 5.56 Å². The average molecular weight is 378 g/mol. The van der Waals surface area contributed by atoms with Crippen LogP contribution in [0.3, 0.4) is 0 Å². The number of carbonyl (C=O) groups excluding carboxylic acids is 1. The molecule has 0 bridgehead atoms. The molecule has 0 spiro atoms. The van der Waals surface area contributed by atoms with Crippen molar-refractivity contribution in [3.63, 3.8) is 0 Å². The fraction of sp³-hybridized carbons (Fsp3) is 0.167. The largest absolute Gasteiger partial charge is 0.456 e. The summed E-state index contributed by atoms with van der Waals surface area (Å²) < 4.78 is 32.3. The molecule has 2 aromatic rings. The summed E-state index contributed by atoms with van der Waals surface area (Å²) in [4.78, 5) is 12.1. The van der Waals surface area contributed by atoms with Crippen molar-refractivity contribution in [2.24, 2.45) is 0 Å². The minimum atomic E-state index is -3.76. The van der Waals surface area contributed by atoms with Crippen LogP contribution in [0.5, 0.6) is 0 Å². The van der Waals surface area contributed by atoms with Gasteiger partial charge < -0.3 is 4.74 Å². The van der Waals surface area contributed by atoms with Crippen LogP contribution < -0.4 is 4.31 Å². The van der Waals surface area contributed by atoms with Gasteiger partial charge in [0.1, 0.15) is 6.61 Å². The number of anilines is 1. The van der Waals surface area contributed by atoms with Crippen molar-refractivity contribution in [1.82, 2.24) is 0 Å². The second-order valence-electron chi connectivity index (χ2n) is 5.58. The number of ether oxygens (including phenoxy) is 1. The van der Waals surface area contributed by atoms with Crippen LogP contribution in [-0.2, 0) is 21.2 Å². The first kappa shape index (κ1) is 17.5. The molecule has 130 valence electrons. The van der Waals surface area contributed by atoms with Crippen LogP contribution in [0.2, 0.25) is 0 Å². The zero-order valence-electron chi connectivity index (χ0n) is 13.3. The Bertz CT molecular complexity index is 940. The van der Waals surface area contributed by atoms with Gasteiger partial charge in [-0.25, -0.2) is 13.2 Å². The molecule has 0 atom stereocenters. The van der Waals surface area contributed by atoms with E-state index < -0.39 is 16.0 Å². The number of fused-ring (bicyclic) bond motifs is 1. The Morgan fingerprint density at radius 3 is 2.72 bits per heavy atom. The molecule has 3 rings (SSSR count). The van der Waals surface area contributed by atoms with Crippen LogP contribution >= 0.6 is 11.6 Å². The SMILES string of the molecule is C=C(Cl)COC(=O)c1cccc(S(=O)(=O)N2CCc3ccccc32)c1. The number of benzene rings is 2. The predicted octanol–water partition coefficient (Wildman–Crippen LogP) is 3.35. The van der Waals surface area contributed by atoms with Crippen LogP contribution in [0.15, 0.2) is 65.0 Å². The summed E-state index contributed by atoms with van der Waals surface area (Å²) in [6, 6.07) is 13.2. The first-order valence-electron chi connectivity index (χ1n) is 7.61. The Morgan fingerprint density at radius 2 is 1.96 bits per heavy atom. The minimum absolute atomic E-state index is 0.0448. The Kier molecular flexibility index (Phi) is 4.83. The molecule has 0 unspecified atom stereocenters. The van der Waals surface area contributed by atoms with Gasteiger partial charge in [0.25, 0.3) is 10.0 Å². The zero-order chi connectivity index (χ0) is 18.0. The second-order valence-corrected chi connectivity index (χ2v) is 7.97. The number of nitrogens with zero attached hydrogens (tertiary/aromatic N) is 1. The van der Waals surface area contributed by atoms with Gasteiger partial charge in [0.05, 0.1) is 16.1 Å². The average Bonchev–Trinajstić information content (AvgIpc) is 3.04. The summed E-state index contributed by atoms with van der Waals surface area (Å²) in [5.74, 6) is -0.652. The first-order chi connectivity index (χ1) is 11.9. The van der Waals surface area contributed by atoms with E-state index >= 15 is 0 Å². The molecule has 1 heterocycles. The molecular weight excluding hydrogens is 362 g/mol. The van der Waals surface area contributed by atoms with Crippen LogP contribution in [-0.4, -0.2) is 27.5 Å². The highest BCUT2D eigenvalue weighted by Gasteiger charge is 2.31. The summed E-state index contributed by atoms with van der Waals surface area (Å²) in [7, 11) is -3.76. The van der Waals surface area contributed by atoms with Crippen molar-refractivity contribution in [3.05, 3.63) is 71.3 Å². The maximum atomic E-state index is 13.0. The van der Waals surface area contributed by atoms with Crippen LogP contribution in [0, 0.1) is 0 Å². The fourth-order valence-electron chi connectivity index (χ4n) is 2.70. The molecule has 1 aliphatic heterocycles. The lowest BCUT2D eigenvalue weighted by molar-refractivity contribution is 0.0546. The van der Waals surface area contributed by atoms with Gasteiger partial charge in [0, 0.05) is 11.6 Å².